The summed E-state index contributed by atoms with van der Waals surface area (Å²) in [6, 6.07) is 1.17. The van der Waals surface area contributed by atoms with Crippen molar-refractivity contribution < 1.29 is 23.5 Å². The Morgan fingerprint density at radius 1 is 1.33 bits per heavy atom. The fraction of sp³-hybridized carbons (Fsp3) is 0.167. The summed E-state index contributed by atoms with van der Waals surface area (Å²) < 4.78 is 26.4. The van der Waals surface area contributed by atoms with Crippen LogP contribution in [0.1, 0.15) is 23.2 Å². The first-order chi connectivity index (χ1) is 8.45. The van der Waals surface area contributed by atoms with Crippen LogP contribution in [-0.4, -0.2) is 17.0 Å². The van der Waals surface area contributed by atoms with E-state index >= 15 is 0 Å². The van der Waals surface area contributed by atoms with Crippen LogP contribution >= 0.6 is 0 Å². The number of carbonyl (C=O) groups is 2. The molecule has 4 nitrogen and oxygen atoms in total. The van der Waals surface area contributed by atoms with Crippen LogP contribution in [0, 0.1) is 11.6 Å². The van der Waals surface area contributed by atoms with E-state index in [0.717, 1.165) is 6.07 Å². The van der Waals surface area contributed by atoms with Crippen LogP contribution in [0.25, 0.3) is 0 Å². The van der Waals surface area contributed by atoms with E-state index in [1.807, 2.05) is 0 Å². The van der Waals surface area contributed by atoms with Gasteiger partial charge in [-0.25, -0.2) is 13.6 Å². The van der Waals surface area contributed by atoms with Crippen LogP contribution in [0.5, 0.6) is 0 Å². The van der Waals surface area contributed by atoms with Crippen molar-refractivity contribution in [3.05, 3.63) is 42.0 Å². The van der Waals surface area contributed by atoms with Crippen LogP contribution < -0.4 is 5.32 Å². The van der Waals surface area contributed by atoms with Crippen molar-refractivity contribution in [2.24, 2.45) is 0 Å². The molecular weight excluding hydrogens is 244 g/mol. The molecule has 1 rings (SSSR count). The van der Waals surface area contributed by atoms with Gasteiger partial charge in [0.2, 0.25) is 5.91 Å². The molecule has 0 fully saturated rings. The van der Waals surface area contributed by atoms with Crippen molar-refractivity contribution in [1.29, 1.82) is 0 Å². The van der Waals surface area contributed by atoms with Gasteiger partial charge in [0, 0.05) is 12.5 Å². The number of benzene rings is 1. The van der Waals surface area contributed by atoms with E-state index in [0.29, 0.717) is 12.5 Å². The molecule has 0 saturated carbocycles. The van der Waals surface area contributed by atoms with E-state index in [2.05, 4.69) is 11.9 Å². The van der Waals surface area contributed by atoms with Crippen LogP contribution in [0.2, 0.25) is 0 Å². The molecule has 0 aliphatic heterocycles. The third kappa shape index (κ3) is 3.38. The fourth-order valence-corrected chi connectivity index (χ4v) is 1.25. The molecule has 18 heavy (non-hydrogen) atoms. The summed E-state index contributed by atoms with van der Waals surface area (Å²) >= 11 is 0. The molecule has 0 saturated heterocycles. The number of hydrogen-bond donors (Lipinski definition) is 2. The van der Waals surface area contributed by atoms with Crippen molar-refractivity contribution in [2.45, 2.75) is 12.8 Å². The number of anilines is 1. The first-order valence-electron chi connectivity index (χ1n) is 5.08. The van der Waals surface area contributed by atoms with Crippen molar-refractivity contribution in [2.75, 3.05) is 5.32 Å². The van der Waals surface area contributed by atoms with Gasteiger partial charge in [0.15, 0.2) is 0 Å². The van der Waals surface area contributed by atoms with Crippen LogP contribution in [0.3, 0.4) is 0 Å². The predicted octanol–water partition coefficient (Wildman–Crippen LogP) is 2.57. The molecule has 1 amide bonds. The van der Waals surface area contributed by atoms with Gasteiger partial charge in [0.25, 0.3) is 0 Å². The van der Waals surface area contributed by atoms with Crippen molar-refractivity contribution in [3.8, 4) is 0 Å². The summed E-state index contributed by atoms with van der Waals surface area (Å²) in [6.07, 6.45) is 2.01. The molecule has 0 radical (unpaired) electrons. The zero-order chi connectivity index (χ0) is 13.7. The molecule has 1 aromatic carbocycles. The summed E-state index contributed by atoms with van der Waals surface area (Å²) in [5.74, 6) is -4.25. The second-order valence-electron chi connectivity index (χ2n) is 3.49. The van der Waals surface area contributed by atoms with Gasteiger partial charge in [-0.15, -0.1) is 6.58 Å². The highest BCUT2D eigenvalue weighted by atomic mass is 19.1. The molecule has 0 bridgehead atoms. The van der Waals surface area contributed by atoms with Gasteiger partial charge in [-0.1, -0.05) is 6.08 Å². The van der Waals surface area contributed by atoms with E-state index < -0.39 is 29.1 Å². The molecular formula is C12H11F2NO3. The molecule has 0 unspecified atom stereocenters. The number of allylic oxidation sites excluding steroid dienone is 1. The quantitative estimate of drug-likeness (QED) is 0.794. The largest absolute Gasteiger partial charge is 0.478 e. The zero-order valence-corrected chi connectivity index (χ0v) is 9.37. The van der Waals surface area contributed by atoms with Gasteiger partial charge < -0.3 is 10.4 Å². The molecule has 0 spiro atoms. The Bertz CT molecular complexity index is 500. The molecule has 1 aromatic rings. The maximum Gasteiger partial charge on any atom is 0.338 e. The van der Waals surface area contributed by atoms with E-state index in [1.54, 1.807) is 0 Å². The minimum atomic E-state index is -1.53. The second kappa shape index (κ2) is 5.90. The molecule has 0 atom stereocenters. The second-order valence-corrected chi connectivity index (χ2v) is 3.49. The van der Waals surface area contributed by atoms with E-state index in [9.17, 15) is 18.4 Å². The number of rotatable bonds is 5. The average Bonchev–Trinajstić information content (AvgIpc) is 2.29. The summed E-state index contributed by atoms with van der Waals surface area (Å²) in [4.78, 5) is 22.0. The highest BCUT2D eigenvalue weighted by molar-refractivity contribution is 5.94. The SMILES string of the molecule is C=CCCC(=O)Nc1cc(C(=O)O)c(F)cc1F. The number of halogens is 2. The number of aromatic carboxylic acids is 1. The topological polar surface area (TPSA) is 66.4 Å². The van der Waals surface area contributed by atoms with E-state index in [4.69, 9.17) is 5.11 Å². The van der Waals surface area contributed by atoms with Gasteiger partial charge >= 0.3 is 5.97 Å². The van der Waals surface area contributed by atoms with Crippen LogP contribution in [-0.2, 0) is 4.79 Å². The van der Waals surface area contributed by atoms with Gasteiger partial charge in [-0.05, 0) is 12.5 Å². The van der Waals surface area contributed by atoms with Gasteiger partial charge in [0.05, 0.1) is 11.3 Å². The zero-order valence-electron chi connectivity index (χ0n) is 9.37. The van der Waals surface area contributed by atoms with E-state index in [-0.39, 0.29) is 12.1 Å². The number of carboxylic acid groups (broad SMARTS) is 1. The minimum absolute atomic E-state index is 0.0860. The minimum Gasteiger partial charge on any atom is -0.478 e. The molecule has 0 heterocycles. The summed E-state index contributed by atoms with van der Waals surface area (Å²) in [5, 5.41) is 10.8. The van der Waals surface area contributed by atoms with Crippen molar-refractivity contribution in [3.63, 3.8) is 0 Å². The third-order valence-corrected chi connectivity index (χ3v) is 2.14. The maximum atomic E-state index is 13.3. The number of amides is 1. The third-order valence-electron chi connectivity index (χ3n) is 2.14. The lowest BCUT2D eigenvalue weighted by Gasteiger charge is -2.07. The maximum absolute atomic E-state index is 13.3. The number of nitrogens with one attached hydrogen (secondary N) is 1. The highest BCUT2D eigenvalue weighted by Crippen LogP contribution is 2.20. The van der Waals surface area contributed by atoms with Gasteiger partial charge in [0.1, 0.15) is 11.6 Å². The molecule has 0 aromatic heterocycles. The number of carbonyl (C=O) groups excluding carboxylic acids is 1. The van der Waals surface area contributed by atoms with Crippen molar-refractivity contribution >= 4 is 17.6 Å². The molecule has 6 heteroatoms. The Hall–Kier alpha value is -2.24. The average molecular weight is 255 g/mol. The Morgan fingerprint density at radius 2 is 2.00 bits per heavy atom. The standard InChI is InChI=1S/C12H11F2NO3/c1-2-3-4-11(16)15-10-5-7(12(17)18)8(13)6-9(10)14/h2,5-6H,1,3-4H2,(H,15,16)(H,17,18). The number of carboxylic acids is 1. The molecule has 0 aliphatic rings. The lowest BCUT2D eigenvalue weighted by Crippen LogP contribution is -2.13. The molecule has 2 N–H and O–H groups in total. The number of hydrogen-bond acceptors (Lipinski definition) is 2. The Morgan fingerprint density at radius 3 is 2.56 bits per heavy atom. The normalized spacial score (nSPS) is 9.89. The van der Waals surface area contributed by atoms with Crippen molar-refractivity contribution in [1.82, 2.24) is 0 Å². The first-order valence-corrected chi connectivity index (χ1v) is 5.08. The lowest BCUT2D eigenvalue weighted by atomic mass is 10.1. The Kier molecular flexibility index (Phi) is 4.53. The highest BCUT2D eigenvalue weighted by Gasteiger charge is 2.16. The molecule has 96 valence electrons. The van der Waals surface area contributed by atoms with Gasteiger partial charge in [-0.2, -0.15) is 0 Å². The Balaban J connectivity index is 2.95. The summed E-state index contributed by atoms with van der Waals surface area (Å²) in [6.45, 7) is 3.42. The first kappa shape index (κ1) is 13.8. The summed E-state index contributed by atoms with van der Waals surface area (Å²) in [5.41, 5.74) is -1.06. The molecule has 0 aliphatic carbocycles. The van der Waals surface area contributed by atoms with Crippen LogP contribution in [0.15, 0.2) is 24.8 Å². The Labute approximate surface area is 102 Å². The van der Waals surface area contributed by atoms with E-state index in [1.165, 1.54) is 6.08 Å². The lowest BCUT2D eigenvalue weighted by molar-refractivity contribution is -0.116. The summed E-state index contributed by atoms with van der Waals surface area (Å²) in [7, 11) is 0. The van der Waals surface area contributed by atoms with Crippen LogP contribution in [0.4, 0.5) is 14.5 Å². The smallest absolute Gasteiger partial charge is 0.338 e. The monoisotopic (exact) mass is 255 g/mol. The predicted molar refractivity (Wildman–Crippen MR) is 61.4 cm³/mol. The fourth-order valence-electron chi connectivity index (χ4n) is 1.25. The van der Waals surface area contributed by atoms with Gasteiger partial charge in [-0.3, -0.25) is 4.79 Å².